The lowest BCUT2D eigenvalue weighted by Crippen LogP contribution is -2.30. The molecule has 0 radical (unpaired) electrons. The van der Waals surface area contributed by atoms with Crippen LogP contribution in [0.3, 0.4) is 0 Å². The molecule has 0 saturated carbocycles. The molecule has 20 heavy (non-hydrogen) atoms. The Morgan fingerprint density at radius 3 is 2.85 bits per heavy atom. The zero-order chi connectivity index (χ0) is 13.9. The van der Waals surface area contributed by atoms with Gasteiger partial charge in [0.05, 0.1) is 5.69 Å². The Labute approximate surface area is 119 Å². The summed E-state index contributed by atoms with van der Waals surface area (Å²) in [5, 5.41) is 20.2. The molecule has 2 aromatic rings. The van der Waals surface area contributed by atoms with Gasteiger partial charge in [0.25, 0.3) is 0 Å². The highest BCUT2D eigenvalue weighted by atomic mass is 16.2. The fourth-order valence-corrected chi connectivity index (χ4v) is 3.18. The van der Waals surface area contributed by atoms with Gasteiger partial charge in [-0.2, -0.15) is 5.10 Å². The molecule has 1 atom stereocenters. The van der Waals surface area contributed by atoms with Gasteiger partial charge in [0.2, 0.25) is 0 Å². The first-order valence-corrected chi connectivity index (χ1v) is 7.41. The van der Waals surface area contributed by atoms with E-state index in [4.69, 9.17) is 5.11 Å². The molecule has 1 unspecified atom stereocenters. The van der Waals surface area contributed by atoms with Gasteiger partial charge in [-0.25, -0.2) is 0 Å². The fourth-order valence-electron chi connectivity index (χ4n) is 3.18. The maximum Gasteiger partial charge on any atom is 0.159 e. The smallest absolute Gasteiger partial charge is 0.159 e. The first kappa shape index (κ1) is 13.3. The molecule has 1 aromatic carbocycles. The molecule has 1 aliphatic heterocycles. The van der Waals surface area contributed by atoms with E-state index in [1.165, 1.54) is 23.6 Å². The van der Waals surface area contributed by atoms with Gasteiger partial charge in [0.15, 0.2) is 5.82 Å². The minimum atomic E-state index is 0.269. The minimum absolute atomic E-state index is 0.269. The second-order valence-electron chi connectivity index (χ2n) is 5.51. The summed E-state index contributed by atoms with van der Waals surface area (Å²) in [7, 11) is 0. The van der Waals surface area contributed by atoms with Crippen molar-refractivity contribution in [1.29, 1.82) is 0 Å². The van der Waals surface area contributed by atoms with E-state index in [-0.39, 0.29) is 6.61 Å². The molecule has 1 N–H and O–H groups in total. The van der Waals surface area contributed by atoms with E-state index < -0.39 is 0 Å². The lowest BCUT2D eigenvalue weighted by molar-refractivity contribution is 0.279. The SMILES string of the molecule is Cc1nnc(N2CCCC2CCCO)c2ccccc12. The average Bonchev–Trinajstić information content (AvgIpc) is 2.94. The van der Waals surface area contributed by atoms with E-state index in [2.05, 4.69) is 33.3 Å². The van der Waals surface area contributed by atoms with Crippen LogP contribution in [0.4, 0.5) is 5.82 Å². The van der Waals surface area contributed by atoms with Crippen LogP contribution < -0.4 is 4.90 Å². The van der Waals surface area contributed by atoms with Gasteiger partial charge in [-0.1, -0.05) is 24.3 Å². The van der Waals surface area contributed by atoms with Crippen LogP contribution in [0.15, 0.2) is 24.3 Å². The number of nitrogens with zero attached hydrogens (tertiary/aromatic N) is 3. The molecule has 2 heterocycles. The first-order chi connectivity index (χ1) is 9.81. The van der Waals surface area contributed by atoms with E-state index in [1.807, 2.05) is 13.0 Å². The highest BCUT2D eigenvalue weighted by Crippen LogP contribution is 2.32. The van der Waals surface area contributed by atoms with Crippen molar-refractivity contribution in [2.75, 3.05) is 18.1 Å². The van der Waals surface area contributed by atoms with Gasteiger partial charge in [-0.05, 0) is 32.6 Å². The molecule has 3 rings (SSSR count). The Hall–Kier alpha value is -1.68. The maximum atomic E-state index is 9.05. The Morgan fingerprint density at radius 2 is 2.05 bits per heavy atom. The number of hydrogen-bond donors (Lipinski definition) is 1. The number of benzene rings is 1. The predicted molar refractivity (Wildman–Crippen MR) is 81.0 cm³/mol. The lowest BCUT2D eigenvalue weighted by atomic mass is 10.1. The van der Waals surface area contributed by atoms with Gasteiger partial charge in [0, 0.05) is 30.0 Å². The summed E-state index contributed by atoms with van der Waals surface area (Å²) < 4.78 is 0. The van der Waals surface area contributed by atoms with Crippen molar-refractivity contribution in [1.82, 2.24) is 10.2 Å². The summed E-state index contributed by atoms with van der Waals surface area (Å²) in [5.41, 5.74) is 0.982. The summed E-state index contributed by atoms with van der Waals surface area (Å²) in [6.45, 7) is 3.31. The Balaban J connectivity index is 1.99. The first-order valence-electron chi connectivity index (χ1n) is 7.41. The van der Waals surface area contributed by atoms with Crippen molar-refractivity contribution in [3.8, 4) is 0 Å². The van der Waals surface area contributed by atoms with E-state index in [1.54, 1.807) is 0 Å². The molecule has 1 aromatic heterocycles. The molecule has 0 bridgehead atoms. The second-order valence-corrected chi connectivity index (χ2v) is 5.51. The monoisotopic (exact) mass is 271 g/mol. The number of hydrogen-bond acceptors (Lipinski definition) is 4. The van der Waals surface area contributed by atoms with Crippen LogP contribution in [0.5, 0.6) is 0 Å². The number of aliphatic hydroxyl groups is 1. The highest BCUT2D eigenvalue weighted by Gasteiger charge is 2.26. The largest absolute Gasteiger partial charge is 0.396 e. The van der Waals surface area contributed by atoms with Gasteiger partial charge in [-0.15, -0.1) is 5.10 Å². The Morgan fingerprint density at radius 1 is 1.25 bits per heavy atom. The summed E-state index contributed by atoms with van der Waals surface area (Å²) in [5.74, 6) is 1.01. The fraction of sp³-hybridized carbons (Fsp3) is 0.500. The van der Waals surface area contributed by atoms with Crippen LogP contribution in [0.25, 0.3) is 10.8 Å². The van der Waals surface area contributed by atoms with E-state index in [9.17, 15) is 0 Å². The van der Waals surface area contributed by atoms with Gasteiger partial charge in [0.1, 0.15) is 0 Å². The quantitative estimate of drug-likeness (QED) is 0.929. The molecular weight excluding hydrogens is 250 g/mol. The summed E-state index contributed by atoms with van der Waals surface area (Å²) in [4.78, 5) is 2.38. The predicted octanol–water partition coefficient (Wildman–Crippen LogP) is 2.68. The van der Waals surface area contributed by atoms with Crippen molar-refractivity contribution in [3.05, 3.63) is 30.0 Å². The molecule has 0 spiro atoms. The third kappa shape index (κ3) is 2.36. The van der Waals surface area contributed by atoms with E-state index in [0.29, 0.717) is 6.04 Å². The van der Waals surface area contributed by atoms with Gasteiger partial charge >= 0.3 is 0 Å². The maximum absolute atomic E-state index is 9.05. The molecule has 1 aliphatic rings. The molecule has 0 amide bonds. The molecule has 0 aliphatic carbocycles. The normalized spacial score (nSPS) is 18.9. The van der Waals surface area contributed by atoms with Crippen molar-refractivity contribution < 1.29 is 5.11 Å². The molecule has 106 valence electrons. The van der Waals surface area contributed by atoms with Crippen LogP contribution in [-0.4, -0.2) is 34.5 Å². The molecule has 1 fully saturated rings. The average molecular weight is 271 g/mol. The molecule has 4 heteroatoms. The summed E-state index contributed by atoms with van der Waals surface area (Å²) in [6.07, 6.45) is 4.27. The standard InChI is InChI=1S/C16H21N3O/c1-12-14-8-2-3-9-15(14)16(18-17-12)19-10-4-6-13(19)7-5-11-20/h2-3,8-9,13,20H,4-7,10-11H2,1H3. The Kier molecular flexibility index (Phi) is 3.83. The number of rotatable bonds is 4. The zero-order valence-corrected chi connectivity index (χ0v) is 11.9. The van der Waals surface area contributed by atoms with E-state index in [0.717, 1.165) is 30.9 Å². The topological polar surface area (TPSA) is 49.2 Å². The number of aliphatic hydroxyl groups excluding tert-OH is 1. The second kappa shape index (κ2) is 5.75. The van der Waals surface area contributed by atoms with Crippen molar-refractivity contribution in [2.45, 2.75) is 38.6 Å². The third-order valence-corrected chi connectivity index (χ3v) is 4.20. The van der Waals surface area contributed by atoms with Crippen LogP contribution in [0, 0.1) is 6.92 Å². The van der Waals surface area contributed by atoms with Crippen LogP contribution in [0.1, 0.15) is 31.4 Å². The van der Waals surface area contributed by atoms with Gasteiger partial charge in [-0.3, -0.25) is 0 Å². The number of aryl methyl sites for hydroxylation is 1. The lowest BCUT2D eigenvalue weighted by Gasteiger charge is -2.26. The van der Waals surface area contributed by atoms with Gasteiger partial charge < -0.3 is 10.0 Å². The molecule has 1 saturated heterocycles. The van der Waals surface area contributed by atoms with Crippen molar-refractivity contribution in [2.24, 2.45) is 0 Å². The summed E-state index contributed by atoms with van der Waals surface area (Å²) >= 11 is 0. The van der Waals surface area contributed by atoms with Crippen LogP contribution >= 0.6 is 0 Å². The minimum Gasteiger partial charge on any atom is -0.396 e. The van der Waals surface area contributed by atoms with Crippen molar-refractivity contribution >= 4 is 16.6 Å². The number of aromatic nitrogens is 2. The summed E-state index contributed by atoms with van der Waals surface area (Å²) in [6, 6.07) is 8.84. The number of anilines is 1. The highest BCUT2D eigenvalue weighted by molar-refractivity contribution is 5.93. The van der Waals surface area contributed by atoms with Crippen molar-refractivity contribution in [3.63, 3.8) is 0 Å². The molecule has 4 nitrogen and oxygen atoms in total. The Bertz CT molecular complexity index is 599. The van der Waals surface area contributed by atoms with Crippen LogP contribution in [-0.2, 0) is 0 Å². The zero-order valence-electron chi connectivity index (χ0n) is 11.9. The van der Waals surface area contributed by atoms with Crippen LogP contribution in [0.2, 0.25) is 0 Å². The molecular formula is C16H21N3O. The number of fused-ring (bicyclic) bond motifs is 1. The van der Waals surface area contributed by atoms with E-state index >= 15 is 0 Å². The third-order valence-electron chi connectivity index (χ3n) is 4.20.